The number of azide groups is 1. The summed E-state index contributed by atoms with van der Waals surface area (Å²) < 4.78 is 61.9. The molecule has 1 rings (SSSR count). The Bertz CT molecular complexity index is 416. The summed E-state index contributed by atoms with van der Waals surface area (Å²) in [5.74, 6) is 0. The van der Waals surface area contributed by atoms with E-state index in [1.165, 1.54) is 0 Å². The summed E-state index contributed by atoms with van der Waals surface area (Å²) in [6.07, 6.45) is 0.415. The van der Waals surface area contributed by atoms with Crippen molar-refractivity contribution in [2.45, 2.75) is 43.3 Å². The molecule has 1 aliphatic rings. The molecule has 0 radical (unpaired) electrons. The maximum Gasteiger partial charge on any atom is 0.523 e. The fourth-order valence-corrected chi connectivity index (χ4v) is 2.26. The maximum absolute atomic E-state index is 12.1. The zero-order valence-corrected chi connectivity index (χ0v) is 9.41. The average molecular weight is 273 g/mol. The van der Waals surface area contributed by atoms with Crippen LogP contribution in [0.2, 0.25) is 0 Å². The van der Waals surface area contributed by atoms with Crippen LogP contribution in [0.25, 0.3) is 10.4 Å². The summed E-state index contributed by atoms with van der Waals surface area (Å²) in [7, 11) is -5.63. The molecule has 0 bridgehead atoms. The Morgan fingerprint density at radius 3 is 2.41 bits per heavy atom. The van der Waals surface area contributed by atoms with Crippen LogP contribution < -0.4 is 0 Å². The third-order valence-corrected chi connectivity index (χ3v) is 3.47. The molecule has 17 heavy (non-hydrogen) atoms. The van der Waals surface area contributed by atoms with E-state index in [-0.39, 0.29) is 6.42 Å². The fraction of sp³-hybridized carbons (Fsp3) is 1.00. The van der Waals surface area contributed by atoms with Crippen molar-refractivity contribution < 1.29 is 25.8 Å². The van der Waals surface area contributed by atoms with E-state index in [9.17, 15) is 21.6 Å². The third kappa shape index (κ3) is 3.48. The van der Waals surface area contributed by atoms with Crippen LogP contribution in [0.3, 0.4) is 0 Å². The van der Waals surface area contributed by atoms with E-state index in [0.717, 1.165) is 0 Å². The van der Waals surface area contributed by atoms with Gasteiger partial charge in [-0.05, 0) is 18.4 Å². The van der Waals surface area contributed by atoms with E-state index < -0.39 is 27.8 Å². The lowest BCUT2D eigenvalue weighted by Crippen LogP contribution is -2.37. The van der Waals surface area contributed by atoms with Gasteiger partial charge >= 0.3 is 15.6 Å². The highest BCUT2D eigenvalue weighted by Gasteiger charge is 2.49. The Kier molecular flexibility index (Phi) is 4.23. The van der Waals surface area contributed by atoms with Crippen molar-refractivity contribution in [1.82, 2.24) is 0 Å². The molecule has 0 saturated heterocycles. The van der Waals surface area contributed by atoms with E-state index in [1.54, 1.807) is 0 Å². The monoisotopic (exact) mass is 273 g/mol. The largest absolute Gasteiger partial charge is 0.523 e. The molecular weight excluding hydrogens is 263 g/mol. The minimum atomic E-state index is -5.63. The zero-order valence-electron chi connectivity index (χ0n) is 8.59. The van der Waals surface area contributed by atoms with Crippen LogP contribution in [-0.2, 0) is 14.3 Å². The molecule has 0 aromatic heterocycles. The lowest BCUT2D eigenvalue weighted by Gasteiger charge is -2.27. The second-order valence-corrected chi connectivity index (χ2v) is 5.15. The van der Waals surface area contributed by atoms with Gasteiger partial charge in [-0.25, -0.2) is 0 Å². The predicted octanol–water partition coefficient (Wildman–Crippen LogP) is 2.47. The van der Waals surface area contributed by atoms with Gasteiger partial charge in [-0.15, -0.1) is 0 Å². The van der Waals surface area contributed by atoms with Crippen LogP contribution in [0.4, 0.5) is 13.2 Å². The predicted molar refractivity (Wildman–Crippen MR) is 51.2 cm³/mol. The highest BCUT2D eigenvalue weighted by Crippen LogP contribution is 2.31. The van der Waals surface area contributed by atoms with Gasteiger partial charge in [0.1, 0.15) is 0 Å². The standard InChI is InChI=1S/C7H10F3N3O3S/c8-7(9,10)17(14,15)16-6-4-2-1-3-5(6)12-13-11/h5-6H,1-4H2/t5-,6?/m1/s1. The molecule has 1 saturated carbocycles. The SMILES string of the molecule is [N-]=[N+]=N[C@@H]1CCCCC1OS(=O)(=O)C(F)(F)F. The summed E-state index contributed by atoms with van der Waals surface area (Å²) in [5.41, 5.74) is 2.77. The van der Waals surface area contributed by atoms with Crippen molar-refractivity contribution in [1.29, 1.82) is 0 Å². The molecule has 6 nitrogen and oxygen atoms in total. The maximum atomic E-state index is 12.1. The number of halogens is 3. The van der Waals surface area contributed by atoms with Gasteiger partial charge in [-0.2, -0.15) is 21.6 Å². The Hall–Kier alpha value is -0.990. The van der Waals surface area contributed by atoms with E-state index in [0.29, 0.717) is 19.3 Å². The molecule has 0 amide bonds. The van der Waals surface area contributed by atoms with Gasteiger partial charge in [0.2, 0.25) is 0 Å². The molecule has 1 unspecified atom stereocenters. The molecule has 10 heteroatoms. The molecule has 2 atom stereocenters. The molecule has 0 N–H and O–H groups in total. The van der Waals surface area contributed by atoms with Crippen molar-refractivity contribution >= 4 is 10.1 Å². The number of nitrogens with zero attached hydrogens (tertiary/aromatic N) is 3. The van der Waals surface area contributed by atoms with Crippen LogP contribution >= 0.6 is 0 Å². The van der Waals surface area contributed by atoms with E-state index in [4.69, 9.17) is 5.53 Å². The molecule has 98 valence electrons. The normalized spacial score (nSPS) is 26.3. The topological polar surface area (TPSA) is 92.1 Å². The van der Waals surface area contributed by atoms with Crippen LogP contribution in [0.5, 0.6) is 0 Å². The van der Waals surface area contributed by atoms with Gasteiger partial charge in [0.15, 0.2) is 0 Å². The van der Waals surface area contributed by atoms with Crippen LogP contribution in [0.1, 0.15) is 25.7 Å². The van der Waals surface area contributed by atoms with Gasteiger partial charge in [0.25, 0.3) is 0 Å². The van der Waals surface area contributed by atoms with E-state index in [1.807, 2.05) is 0 Å². The van der Waals surface area contributed by atoms with Crippen LogP contribution in [-0.4, -0.2) is 26.1 Å². The van der Waals surface area contributed by atoms with Crippen molar-refractivity contribution in [3.05, 3.63) is 10.4 Å². The van der Waals surface area contributed by atoms with Gasteiger partial charge < -0.3 is 0 Å². The average Bonchev–Trinajstić information content (AvgIpc) is 2.19. The lowest BCUT2D eigenvalue weighted by molar-refractivity contribution is -0.0592. The first-order valence-corrected chi connectivity index (χ1v) is 6.22. The molecule has 1 aliphatic carbocycles. The molecule has 0 heterocycles. The van der Waals surface area contributed by atoms with Gasteiger partial charge in [0, 0.05) is 4.91 Å². The minimum Gasteiger partial charge on any atom is -0.259 e. The minimum absolute atomic E-state index is 0.124. The summed E-state index contributed by atoms with van der Waals surface area (Å²) in [6.45, 7) is 0. The summed E-state index contributed by atoms with van der Waals surface area (Å²) >= 11 is 0. The van der Waals surface area contributed by atoms with Crippen molar-refractivity contribution in [3.63, 3.8) is 0 Å². The number of hydrogen-bond donors (Lipinski definition) is 0. The first kappa shape index (κ1) is 14.1. The Balaban J connectivity index is 2.82. The Morgan fingerprint density at radius 1 is 1.29 bits per heavy atom. The first-order valence-electron chi connectivity index (χ1n) is 4.81. The van der Waals surface area contributed by atoms with Crippen LogP contribution in [0.15, 0.2) is 5.11 Å². The zero-order chi connectivity index (χ0) is 13.1. The molecule has 0 aliphatic heterocycles. The highest BCUT2D eigenvalue weighted by atomic mass is 32.2. The quantitative estimate of drug-likeness (QED) is 0.260. The van der Waals surface area contributed by atoms with Crippen molar-refractivity contribution in [3.8, 4) is 0 Å². The van der Waals surface area contributed by atoms with Crippen molar-refractivity contribution in [2.75, 3.05) is 0 Å². The van der Waals surface area contributed by atoms with Gasteiger partial charge in [0.05, 0.1) is 12.1 Å². The summed E-state index contributed by atoms with van der Waals surface area (Å²) in [4.78, 5) is 2.47. The van der Waals surface area contributed by atoms with Crippen molar-refractivity contribution in [2.24, 2.45) is 5.11 Å². The van der Waals surface area contributed by atoms with Crippen LogP contribution in [0, 0.1) is 0 Å². The van der Waals surface area contributed by atoms with E-state index in [2.05, 4.69) is 14.2 Å². The molecular formula is C7H10F3N3O3S. The number of hydrogen-bond acceptors (Lipinski definition) is 4. The van der Waals surface area contributed by atoms with E-state index >= 15 is 0 Å². The second kappa shape index (κ2) is 5.11. The molecule has 0 aromatic carbocycles. The fourth-order valence-electron chi connectivity index (χ4n) is 1.61. The lowest BCUT2D eigenvalue weighted by atomic mass is 9.93. The molecule has 0 aromatic rings. The third-order valence-electron chi connectivity index (χ3n) is 2.40. The summed E-state index contributed by atoms with van der Waals surface area (Å²) in [5, 5.41) is 3.26. The van der Waals surface area contributed by atoms with Gasteiger partial charge in [-0.1, -0.05) is 18.0 Å². The second-order valence-electron chi connectivity index (χ2n) is 3.59. The number of alkyl halides is 3. The molecule has 0 spiro atoms. The summed E-state index contributed by atoms with van der Waals surface area (Å²) in [6, 6.07) is -0.870. The smallest absolute Gasteiger partial charge is 0.259 e. The first-order chi connectivity index (χ1) is 7.78. The Labute approximate surface area is 95.5 Å². The number of rotatable bonds is 3. The highest BCUT2D eigenvalue weighted by molar-refractivity contribution is 7.87. The Morgan fingerprint density at radius 2 is 1.88 bits per heavy atom. The van der Waals surface area contributed by atoms with Gasteiger partial charge in [-0.3, -0.25) is 4.18 Å². The molecule has 1 fully saturated rings.